The number of benzene rings is 1. The molecule has 4 heterocycles. The number of carbonyl (C=O) groups excluding carboxylic acids is 1. The van der Waals surface area contributed by atoms with Crippen LogP contribution in [-0.2, 0) is 11.0 Å². The number of piperazine rings is 1. The number of carbonyl (C=O) groups is 1. The van der Waals surface area contributed by atoms with Gasteiger partial charge in [-0.1, -0.05) is 11.6 Å². The molecule has 2 aliphatic rings. The average Bonchev–Trinajstić information content (AvgIpc) is 3.38. The second kappa shape index (κ2) is 12.8. The second-order valence-corrected chi connectivity index (χ2v) is 11.6. The Morgan fingerprint density at radius 3 is 2.64 bits per heavy atom. The molecule has 2 fully saturated rings. The predicted molar refractivity (Wildman–Crippen MR) is 161 cm³/mol. The first kappa shape index (κ1) is 32.5. The molecular weight excluding hydrogens is 621 g/mol. The molecule has 2 saturated heterocycles. The lowest BCUT2D eigenvalue weighted by Crippen LogP contribution is -2.53. The fourth-order valence-electron chi connectivity index (χ4n) is 5.79. The largest absolute Gasteiger partial charge is 0.462 e. The minimum Gasteiger partial charge on any atom is -0.462 e. The molecule has 2 N–H and O–H groups in total. The summed E-state index contributed by atoms with van der Waals surface area (Å²) in [6, 6.07) is 1.87. The van der Waals surface area contributed by atoms with Gasteiger partial charge in [-0.25, -0.2) is 13.8 Å². The van der Waals surface area contributed by atoms with Gasteiger partial charge in [-0.3, -0.25) is 9.69 Å². The number of hydrogen-bond donors (Lipinski definition) is 1. The van der Waals surface area contributed by atoms with Crippen molar-refractivity contribution in [1.29, 1.82) is 0 Å². The van der Waals surface area contributed by atoms with E-state index in [4.69, 9.17) is 22.1 Å². The molecule has 3 aromatic rings. The first-order valence-corrected chi connectivity index (χ1v) is 14.6. The van der Waals surface area contributed by atoms with E-state index in [9.17, 15) is 22.4 Å². The number of aryl methyl sites for hydroxylation is 1. The van der Waals surface area contributed by atoms with E-state index in [0.717, 1.165) is 25.1 Å². The van der Waals surface area contributed by atoms with Crippen molar-refractivity contribution in [2.75, 3.05) is 57.1 Å². The Kier molecular flexibility index (Phi) is 9.26. The molecule has 0 radical (unpaired) electrons. The average molecular weight is 653 g/mol. The zero-order valence-corrected chi connectivity index (χ0v) is 25.6. The molecule has 2 aliphatic heterocycles. The van der Waals surface area contributed by atoms with E-state index in [0.29, 0.717) is 0 Å². The van der Waals surface area contributed by atoms with Gasteiger partial charge in [0.15, 0.2) is 5.82 Å². The molecule has 9 nitrogen and oxygen atoms in total. The molecule has 2 aromatic heterocycles. The van der Waals surface area contributed by atoms with Crippen LogP contribution < -0.4 is 15.4 Å². The SMILES string of the molecule is Cc1cc(N)nc(-c2c(Cl)cc3c(N4CCN(C(=O)/C=C/CF)C[C@@H]4C)nc(OC[C@@H]4C[CH+]CN4C)nc3c2F)c1C(F)(F)F. The fraction of sp³-hybridized carbons (Fsp3) is 0.433. The molecule has 0 bridgehead atoms. The number of alkyl halides is 4. The molecule has 2 atom stereocenters. The summed E-state index contributed by atoms with van der Waals surface area (Å²) in [5, 5.41) is -0.208. The Morgan fingerprint density at radius 1 is 1.24 bits per heavy atom. The number of ether oxygens (including phenoxy) is 1. The van der Waals surface area contributed by atoms with Crippen molar-refractivity contribution in [3.8, 4) is 17.3 Å². The molecule has 1 aromatic carbocycles. The Balaban J connectivity index is 1.64. The van der Waals surface area contributed by atoms with E-state index < -0.39 is 35.5 Å². The van der Waals surface area contributed by atoms with Crippen molar-refractivity contribution in [3.63, 3.8) is 0 Å². The summed E-state index contributed by atoms with van der Waals surface area (Å²) in [5.41, 5.74) is 2.72. The minimum absolute atomic E-state index is 0.0260. The Bertz CT molecular complexity index is 1640. The molecule has 45 heavy (non-hydrogen) atoms. The summed E-state index contributed by atoms with van der Waals surface area (Å²) in [4.78, 5) is 30.7. The highest BCUT2D eigenvalue weighted by Gasteiger charge is 2.39. The molecule has 15 heteroatoms. The maximum Gasteiger partial charge on any atom is 0.418 e. The van der Waals surface area contributed by atoms with Crippen LogP contribution in [0.5, 0.6) is 6.01 Å². The molecule has 0 spiro atoms. The third-order valence-corrected chi connectivity index (χ3v) is 8.34. The maximum absolute atomic E-state index is 16.6. The number of likely N-dealkylation sites (N-methyl/N-ethyl adjacent to an activating group) is 1. The number of halogens is 6. The number of anilines is 2. The number of likely N-dealkylation sites (tertiary alicyclic amines) is 1. The minimum atomic E-state index is -4.88. The van der Waals surface area contributed by atoms with Crippen molar-refractivity contribution in [3.05, 3.63) is 52.7 Å². The van der Waals surface area contributed by atoms with Gasteiger partial charge < -0.3 is 20.3 Å². The van der Waals surface area contributed by atoms with E-state index in [2.05, 4.69) is 26.3 Å². The first-order chi connectivity index (χ1) is 21.3. The van der Waals surface area contributed by atoms with Gasteiger partial charge in [-0.05, 0) is 44.7 Å². The highest BCUT2D eigenvalue weighted by molar-refractivity contribution is 6.34. The van der Waals surface area contributed by atoms with Crippen LogP contribution in [0.2, 0.25) is 5.02 Å². The van der Waals surface area contributed by atoms with Gasteiger partial charge in [0.05, 0.1) is 34.3 Å². The molecular formula is C30H32ClF5N7O2+. The van der Waals surface area contributed by atoms with Gasteiger partial charge in [-0.2, -0.15) is 23.1 Å². The summed E-state index contributed by atoms with van der Waals surface area (Å²) in [6.45, 7) is 3.98. The first-order valence-electron chi connectivity index (χ1n) is 14.3. The second-order valence-electron chi connectivity index (χ2n) is 11.2. The van der Waals surface area contributed by atoms with Crippen molar-refractivity contribution in [2.45, 2.75) is 38.5 Å². The summed E-state index contributed by atoms with van der Waals surface area (Å²) < 4.78 is 77.7. The van der Waals surface area contributed by atoms with E-state index in [-0.39, 0.29) is 83.4 Å². The number of nitrogen functional groups attached to an aromatic ring is 1. The smallest absolute Gasteiger partial charge is 0.418 e. The highest BCUT2D eigenvalue weighted by Crippen LogP contribution is 2.44. The van der Waals surface area contributed by atoms with E-state index in [1.165, 1.54) is 19.1 Å². The summed E-state index contributed by atoms with van der Waals surface area (Å²) in [5.74, 6) is -1.49. The number of aromatic nitrogens is 3. The summed E-state index contributed by atoms with van der Waals surface area (Å²) >= 11 is 6.54. The van der Waals surface area contributed by atoms with Crippen molar-refractivity contribution in [1.82, 2.24) is 24.8 Å². The number of fused-ring (bicyclic) bond motifs is 1. The van der Waals surface area contributed by atoms with E-state index in [1.807, 2.05) is 18.9 Å². The molecule has 0 aliphatic carbocycles. The van der Waals surface area contributed by atoms with Crippen molar-refractivity contribution >= 4 is 40.0 Å². The van der Waals surface area contributed by atoms with Crippen LogP contribution >= 0.6 is 11.6 Å². The number of pyridine rings is 1. The van der Waals surface area contributed by atoms with Crippen LogP contribution in [0.4, 0.5) is 33.6 Å². The lowest BCUT2D eigenvalue weighted by atomic mass is 9.99. The van der Waals surface area contributed by atoms with Gasteiger partial charge >= 0.3 is 12.2 Å². The molecule has 5 rings (SSSR count). The van der Waals surface area contributed by atoms with Crippen LogP contribution in [0.1, 0.15) is 24.5 Å². The van der Waals surface area contributed by atoms with Gasteiger partial charge in [0, 0.05) is 37.1 Å². The lowest BCUT2D eigenvalue weighted by molar-refractivity contribution is -0.137. The van der Waals surface area contributed by atoms with Gasteiger partial charge in [0.1, 0.15) is 43.4 Å². The van der Waals surface area contributed by atoms with Crippen LogP contribution in [0, 0.1) is 19.2 Å². The number of hydrogen-bond acceptors (Lipinski definition) is 8. The Morgan fingerprint density at radius 2 is 2.00 bits per heavy atom. The molecule has 240 valence electrons. The quantitative estimate of drug-likeness (QED) is 0.210. The fourth-order valence-corrected chi connectivity index (χ4v) is 6.07. The van der Waals surface area contributed by atoms with Gasteiger partial charge in [-0.15, -0.1) is 0 Å². The zero-order valence-electron chi connectivity index (χ0n) is 24.8. The zero-order chi connectivity index (χ0) is 32.6. The van der Waals surface area contributed by atoms with E-state index in [1.54, 1.807) is 4.90 Å². The Labute approximate surface area is 261 Å². The van der Waals surface area contributed by atoms with Crippen LogP contribution in [0.25, 0.3) is 22.2 Å². The van der Waals surface area contributed by atoms with E-state index >= 15 is 4.39 Å². The molecule has 0 unspecified atom stereocenters. The summed E-state index contributed by atoms with van der Waals surface area (Å²) in [6.07, 6.45) is 0.272. The standard InChI is InChI=1S/C30H32ClF5N7O2/c1-16-12-21(37)38-27(24(16)30(34,35)36)23-20(31)13-19-26(25(23)33)39-29(45-15-18-6-5-9-41(18)3)40-28(19)43-11-10-42(14-17(43)2)22(44)7-4-8-32/h4-5,7,12-13,17-18H,6,8-11,14-15H2,1-3H3,(H2,37,38)/q+1/b7-4+/t17-,18-/m0/s1. The number of nitrogens with two attached hydrogens (primary N) is 1. The predicted octanol–water partition coefficient (Wildman–Crippen LogP) is 5.24. The monoisotopic (exact) mass is 652 g/mol. The van der Waals surface area contributed by atoms with Crippen LogP contribution in [-0.4, -0.2) is 89.3 Å². The molecule has 1 amide bonds. The number of rotatable bonds is 7. The number of amides is 1. The third-order valence-electron chi connectivity index (χ3n) is 8.04. The van der Waals surface area contributed by atoms with Crippen LogP contribution in [0.15, 0.2) is 24.3 Å². The van der Waals surface area contributed by atoms with Crippen LogP contribution in [0.3, 0.4) is 0 Å². The number of allylic oxidation sites excluding steroid dienone is 1. The maximum atomic E-state index is 16.6. The van der Waals surface area contributed by atoms with Gasteiger partial charge in [0.2, 0.25) is 5.91 Å². The Hall–Kier alpha value is -3.91. The molecule has 0 saturated carbocycles. The lowest BCUT2D eigenvalue weighted by Gasteiger charge is -2.40. The number of nitrogens with zero attached hydrogens (tertiary/aromatic N) is 6. The highest BCUT2D eigenvalue weighted by atomic mass is 35.5. The van der Waals surface area contributed by atoms with Gasteiger partial charge in [0.25, 0.3) is 0 Å². The normalized spacial score (nSPS) is 19.5. The summed E-state index contributed by atoms with van der Waals surface area (Å²) in [7, 11) is 1.93. The van der Waals surface area contributed by atoms with Crippen molar-refractivity contribution < 1.29 is 31.5 Å². The topological polar surface area (TPSA) is 101 Å². The third kappa shape index (κ3) is 6.57. The van der Waals surface area contributed by atoms with Crippen molar-refractivity contribution in [2.24, 2.45) is 0 Å².